The van der Waals surface area contributed by atoms with Crippen LogP contribution in [0, 0.1) is 0 Å². The van der Waals surface area contributed by atoms with Crippen LogP contribution in [-0.4, -0.2) is 18.2 Å². The number of carbonyl (C=O) groups is 1. The Labute approximate surface area is 201 Å². The topological polar surface area (TPSA) is 62.7 Å². The molecule has 0 saturated heterocycles. The van der Waals surface area contributed by atoms with Crippen LogP contribution in [0.3, 0.4) is 0 Å². The molecule has 0 unspecified atom stereocenters. The molecule has 0 aromatic heterocycles. The van der Waals surface area contributed by atoms with Crippen LogP contribution in [0.5, 0.6) is 5.75 Å². The fraction of sp³-hybridized carbons (Fsp3) is 0.111. The molecule has 4 aromatic rings. The molecule has 0 bridgehead atoms. The van der Waals surface area contributed by atoms with Gasteiger partial charge in [-0.3, -0.25) is 4.79 Å². The minimum absolute atomic E-state index is 0.230. The van der Waals surface area contributed by atoms with Crippen LogP contribution < -0.4 is 15.5 Å². The van der Waals surface area contributed by atoms with E-state index in [1.54, 1.807) is 6.21 Å². The van der Waals surface area contributed by atoms with Crippen LogP contribution in [0.1, 0.15) is 18.1 Å². The van der Waals surface area contributed by atoms with E-state index in [1.165, 1.54) is 0 Å². The van der Waals surface area contributed by atoms with E-state index in [4.69, 9.17) is 4.74 Å². The van der Waals surface area contributed by atoms with Gasteiger partial charge in [-0.05, 0) is 48.2 Å². The molecule has 0 spiro atoms. The number of hydrazone groups is 1. The summed E-state index contributed by atoms with van der Waals surface area (Å²) in [7, 11) is 0. The standard InChI is InChI=1S/C27H24BrN3O2/c1-19(30-25-14-7-11-21-9-2-4-13-24(21)25)27(32)31-29-17-22-10-3-5-15-26(22)33-18-20-8-6-12-23(28)16-20/h2-17,19,30H,18H2,1H3,(H,31,32)/t19-/m1/s1. The lowest BCUT2D eigenvalue weighted by atomic mass is 10.1. The van der Waals surface area contributed by atoms with Gasteiger partial charge in [0.1, 0.15) is 18.4 Å². The molecule has 0 saturated carbocycles. The first-order valence-corrected chi connectivity index (χ1v) is 11.4. The molecule has 0 aliphatic rings. The fourth-order valence-electron chi connectivity index (χ4n) is 3.42. The van der Waals surface area contributed by atoms with Crippen LogP contribution in [0.4, 0.5) is 5.69 Å². The zero-order valence-electron chi connectivity index (χ0n) is 18.2. The average Bonchev–Trinajstić information content (AvgIpc) is 2.83. The fourth-order valence-corrected chi connectivity index (χ4v) is 3.87. The molecule has 4 rings (SSSR count). The number of anilines is 1. The van der Waals surface area contributed by atoms with E-state index in [-0.39, 0.29) is 5.91 Å². The summed E-state index contributed by atoms with van der Waals surface area (Å²) in [6.07, 6.45) is 1.60. The number of carbonyl (C=O) groups excluding carboxylic acids is 1. The molecule has 0 heterocycles. The Morgan fingerprint density at radius 2 is 1.76 bits per heavy atom. The van der Waals surface area contributed by atoms with Crippen molar-refractivity contribution in [1.29, 1.82) is 0 Å². The van der Waals surface area contributed by atoms with Gasteiger partial charge in [0, 0.05) is 21.1 Å². The van der Waals surface area contributed by atoms with Gasteiger partial charge in [0.15, 0.2) is 0 Å². The first-order valence-electron chi connectivity index (χ1n) is 10.6. The van der Waals surface area contributed by atoms with E-state index in [9.17, 15) is 4.79 Å². The van der Waals surface area contributed by atoms with E-state index in [1.807, 2.05) is 97.9 Å². The summed E-state index contributed by atoms with van der Waals surface area (Å²) < 4.78 is 6.97. The summed E-state index contributed by atoms with van der Waals surface area (Å²) in [6, 6.07) is 29.1. The molecule has 0 fully saturated rings. The van der Waals surface area contributed by atoms with Crippen molar-refractivity contribution in [2.75, 3.05) is 5.32 Å². The number of nitrogens with zero attached hydrogens (tertiary/aromatic N) is 1. The van der Waals surface area contributed by atoms with E-state index in [2.05, 4.69) is 31.8 Å². The zero-order chi connectivity index (χ0) is 23.0. The number of nitrogens with one attached hydrogen (secondary N) is 2. The Morgan fingerprint density at radius 1 is 1.00 bits per heavy atom. The van der Waals surface area contributed by atoms with Crippen molar-refractivity contribution in [3.05, 3.63) is 107 Å². The minimum Gasteiger partial charge on any atom is -0.488 e. The van der Waals surface area contributed by atoms with Gasteiger partial charge in [-0.2, -0.15) is 5.10 Å². The van der Waals surface area contributed by atoms with Gasteiger partial charge in [0.05, 0.1) is 6.21 Å². The van der Waals surface area contributed by atoms with Crippen LogP contribution in [-0.2, 0) is 11.4 Å². The monoisotopic (exact) mass is 501 g/mol. The van der Waals surface area contributed by atoms with Gasteiger partial charge >= 0.3 is 0 Å². The SMILES string of the molecule is C[C@@H](Nc1cccc2ccccc12)C(=O)NN=Cc1ccccc1OCc1cccc(Br)c1. The lowest BCUT2D eigenvalue weighted by molar-refractivity contribution is -0.121. The summed E-state index contributed by atoms with van der Waals surface area (Å²) in [5.74, 6) is 0.462. The third kappa shape index (κ3) is 5.99. The molecule has 0 radical (unpaired) electrons. The second-order valence-corrected chi connectivity index (χ2v) is 8.50. The van der Waals surface area contributed by atoms with Crippen molar-refractivity contribution in [2.45, 2.75) is 19.6 Å². The molecule has 6 heteroatoms. The Kier molecular flexibility index (Phi) is 7.37. The number of halogens is 1. The maximum absolute atomic E-state index is 12.6. The van der Waals surface area contributed by atoms with Crippen LogP contribution in [0.15, 0.2) is 101 Å². The molecule has 33 heavy (non-hydrogen) atoms. The molecule has 166 valence electrons. The van der Waals surface area contributed by atoms with Crippen molar-refractivity contribution in [3.63, 3.8) is 0 Å². The number of para-hydroxylation sites is 1. The second kappa shape index (κ2) is 10.8. The quantitative estimate of drug-likeness (QED) is 0.225. The zero-order valence-corrected chi connectivity index (χ0v) is 19.7. The first-order chi connectivity index (χ1) is 16.1. The molecular formula is C27H24BrN3O2. The minimum atomic E-state index is -0.462. The molecule has 5 nitrogen and oxygen atoms in total. The maximum Gasteiger partial charge on any atom is 0.262 e. The first kappa shape index (κ1) is 22.6. The number of ether oxygens (including phenoxy) is 1. The third-order valence-corrected chi connectivity index (χ3v) is 5.63. The molecule has 0 aliphatic carbocycles. The Morgan fingerprint density at radius 3 is 2.64 bits per heavy atom. The predicted molar refractivity (Wildman–Crippen MR) is 138 cm³/mol. The van der Waals surface area contributed by atoms with Crippen molar-refractivity contribution in [1.82, 2.24) is 5.43 Å². The van der Waals surface area contributed by atoms with Gasteiger partial charge in [0.25, 0.3) is 5.91 Å². The van der Waals surface area contributed by atoms with Crippen LogP contribution >= 0.6 is 15.9 Å². The molecule has 4 aromatic carbocycles. The normalized spacial score (nSPS) is 11.9. The Balaban J connectivity index is 1.37. The van der Waals surface area contributed by atoms with E-state index >= 15 is 0 Å². The Bertz CT molecular complexity index is 1280. The summed E-state index contributed by atoms with van der Waals surface area (Å²) in [5.41, 5.74) is 5.36. The summed E-state index contributed by atoms with van der Waals surface area (Å²) in [6.45, 7) is 2.24. The number of fused-ring (bicyclic) bond motifs is 1. The van der Waals surface area contributed by atoms with E-state index in [0.29, 0.717) is 12.4 Å². The summed E-state index contributed by atoms with van der Waals surface area (Å²) in [5, 5.41) is 9.60. The largest absolute Gasteiger partial charge is 0.488 e. The highest BCUT2D eigenvalue weighted by atomic mass is 79.9. The lowest BCUT2D eigenvalue weighted by Crippen LogP contribution is -2.34. The van der Waals surface area contributed by atoms with Gasteiger partial charge in [-0.15, -0.1) is 0 Å². The van der Waals surface area contributed by atoms with Gasteiger partial charge < -0.3 is 10.1 Å². The summed E-state index contributed by atoms with van der Waals surface area (Å²) >= 11 is 3.47. The van der Waals surface area contributed by atoms with Gasteiger partial charge in [0.2, 0.25) is 0 Å². The van der Waals surface area contributed by atoms with Gasteiger partial charge in [-0.25, -0.2) is 5.43 Å². The number of benzene rings is 4. The average molecular weight is 502 g/mol. The predicted octanol–water partition coefficient (Wildman–Crippen LogP) is 6.13. The number of rotatable bonds is 8. The molecule has 1 amide bonds. The van der Waals surface area contributed by atoms with Gasteiger partial charge in [-0.1, -0.05) is 76.6 Å². The highest BCUT2D eigenvalue weighted by molar-refractivity contribution is 9.10. The van der Waals surface area contributed by atoms with Crippen molar-refractivity contribution in [3.8, 4) is 5.75 Å². The summed E-state index contributed by atoms with van der Waals surface area (Å²) in [4.78, 5) is 12.6. The number of hydrogen-bond donors (Lipinski definition) is 2. The number of amides is 1. The van der Waals surface area contributed by atoms with Crippen LogP contribution in [0.25, 0.3) is 10.8 Å². The molecular weight excluding hydrogens is 478 g/mol. The van der Waals surface area contributed by atoms with Crippen molar-refractivity contribution < 1.29 is 9.53 Å². The highest BCUT2D eigenvalue weighted by Gasteiger charge is 2.13. The van der Waals surface area contributed by atoms with Crippen molar-refractivity contribution >= 4 is 44.5 Å². The second-order valence-electron chi connectivity index (χ2n) is 7.58. The molecule has 0 aliphatic heterocycles. The smallest absolute Gasteiger partial charge is 0.262 e. The van der Waals surface area contributed by atoms with E-state index in [0.717, 1.165) is 32.1 Å². The van der Waals surface area contributed by atoms with Crippen LogP contribution in [0.2, 0.25) is 0 Å². The number of hydrogen-bond acceptors (Lipinski definition) is 4. The van der Waals surface area contributed by atoms with Crippen molar-refractivity contribution in [2.24, 2.45) is 5.10 Å². The van der Waals surface area contributed by atoms with E-state index < -0.39 is 6.04 Å². The Hall–Kier alpha value is -3.64. The molecule has 2 N–H and O–H groups in total. The third-order valence-electron chi connectivity index (χ3n) is 5.14. The highest BCUT2D eigenvalue weighted by Crippen LogP contribution is 2.23. The maximum atomic E-state index is 12.6. The molecule has 1 atom stereocenters. The lowest BCUT2D eigenvalue weighted by Gasteiger charge is -2.15.